The zero-order valence-electron chi connectivity index (χ0n) is 18.6. The minimum absolute atomic E-state index is 0.143. The molecule has 0 spiro atoms. The summed E-state index contributed by atoms with van der Waals surface area (Å²) < 4.78 is 11.4. The van der Waals surface area contributed by atoms with Crippen molar-refractivity contribution in [1.29, 1.82) is 0 Å². The highest BCUT2D eigenvalue weighted by molar-refractivity contribution is 5.80. The van der Waals surface area contributed by atoms with Gasteiger partial charge in [-0.15, -0.1) is 0 Å². The molecule has 2 aromatic rings. The summed E-state index contributed by atoms with van der Waals surface area (Å²) in [4.78, 5) is 11.3. The number of anilines is 2. The number of rotatable bonds is 8. The van der Waals surface area contributed by atoms with Gasteiger partial charge >= 0.3 is 6.01 Å². The summed E-state index contributed by atoms with van der Waals surface area (Å²) in [7, 11) is 0. The minimum atomic E-state index is -0.143. The fraction of sp³-hybridized carbons (Fsp3) is 0.375. The van der Waals surface area contributed by atoms with Crippen molar-refractivity contribution in [3.05, 3.63) is 65.9 Å². The molecule has 0 bridgehead atoms. The Kier molecular flexibility index (Phi) is 7.01. The van der Waals surface area contributed by atoms with E-state index in [1.54, 1.807) is 6.21 Å². The average molecular weight is 435 g/mol. The highest BCUT2D eigenvalue weighted by Gasteiger charge is 2.21. The molecule has 1 aromatic heterocycles. The molecule has 0 aliphatic carbocycles. The predicted molar refractivity (Wildman–Crippen MR) is 127 cm³/mol. The molecule has 0 amide bonds. The highest BCUT2D eigenvalue weighted by Crippen LogP contribution is 2.22. The summed E-state index contributed by atoms with van der Waals surface area (Å²) in [6, 6.07) is 10.4. The second-order valence-electron chi connectivity index (χ2n) is 8.16. The van der Waals surface area contributed by atoms with E-state index in [0.29, 0.717) is 31.6 Å². The molecule has 2 aliphatic rings. The number of aromatic nitrogens is 2. The number of morpholine rings is 1. The smallest absolute Gasteiger partial charge is 0.320 e. The van der Waals surface area contributed by atoms with Crippen LogP contribution in [-0.4, -0.2) is 54.6 Å². The van der Waals surface area contributed by atoms with Crippen LogP contribution >= 0.6 is 0 Å². The highest BCUT2D eigenvalue weighted by atomic mass is 16.5. The maximum absolute atomic E-state index is 5.96. The lowest BCUT2D eigenvalue weighted by molar-refractivity contribution is 0.122. The van der Waals surface area contributed by atoms with E-state index in [-0.39, 0.29) is 5.54 Å². The van der Waals surface area contributed by atoms with Crippen LogP contribution in [0.4, 0.5) is 11.6 Å². The number of hydrazone groups is 1. The van der Waals surface area contributed by atoms with E-state index in [2.05, 4.69) is 62.8 Å². The summed E-state index contributed by atoms with van der Waals surface area (Å²) in [6.07, 6.45) is 10.7. The lowest BCUT2D eigenvalue weighted by atomic mass is 9.96. The van der Waals surface area contributed by atoms with Gasteiger partial charge in [-0.1, -0.05) is 42.0 Å². The van der Waals surface area contributed by atoms with Crippen molar-refractivity contribution in [3.8, 4) is 6.01 Å². The molecule has 168 valence electrons. The Hall–Kier alpha value is -3.39. The van der Waals surface area contributed by atoms with E-state index in [4.69, 9.17) is 9.47 Å². The lowest BCUT2D eigenvalue weighted by Crippen LogP contribution is -2.39. The molecular weight excluding hydrogens is 404 g/mol. The topological polar surface area (TPSA) is 83.9 Å². The van der Waals surface area contributed by atoms with E-state index >= 15 is 0 Å². The van der Waals surface area contributed by atoms with Crippen LogP contribution in [0.15, 0.2) is 59.9 Å². The number of benzene rings is 1. The SMILES string of the molecule is Cc1cccc(/C=N/Nc2cc(N3CCOCC3)nc(OCCC3(C)C=CC=CN3)n2)c1. The standard InChI is InChI=1S/C24H30N6O2/c1-19-6-5-7-20(16-19)18-26-29-21-17-22(30-11-14-31-15-12-30)28-23(27-21)32-13-9-24(2)8-3-4-10-25-24/h3-8,10,16-18,25H,9,11-15H2,1-2H3,(H,27,28,29)/b26-18+. The quantitative estimate of drug-likeness (QED) is 0.487. The van der Waals surface area contributed by atoms with Crippen LogP contribution in [0.5, 0.6) is 6.01 Å². The normalized spacial score (nSPS) is 20.4. The van der Waals surface area contributed by atoms with Crippen molar-refractivity contribution in [2.24, 2.45) is 5.10 Å². The zero-order valence-corrected chi connectivity index (χ0v) is 18.6. The van der Waals surface area contributed by atoms with E-state index < -0.39 is 0 Å². The second-order valence-corrected chi connectivity index (χ2v) is 8.16. The lowest BCUT2D eigenvalue weighted by Gasteiger charge is -2.29. The molecule has 0 radical (unpaired) electrons. The number of allylic oxidation sites excluding steroid dienone is 2. The van der Waals surface area contributed by atoms with Crippen molar-refractivity contribution >= 4 is 17.9 Å². The van der Waals surface area contributed by atoms with Gasteiger partial charge in [0.25, 0.3) is 0 Å². The monoisotopic (exact) mass is 434 g/mol. The Balaban J connectivity index is 1.46. The summed E-state index contributed by atoms with van der Waals surface area (Å²) >= 11 is 0. The first kappa shape index (κ1) is 21.8. The van der Waals surface area contributed by atoms with Crippen molar-refractivity contribution in [2.45, 2.75) is 25.8 Å². The Morgan fingerprint density at radius 1 is 1.25 bits per heavy atom. The van der Waals surface area contributed by atoms with Crippen LogP contribution in [0.25, 0.3) is 0 Å². The van der Waals surface area contributed by atoms with Crippen molar-refractivity contribution in [1.82, 2.24) is 15.3 Å². The van der Waals surface area contributed by atoms with E-state index in [9.17, 15) is 0 Å². The molecule has 0 saturated carbocycles. The second kappa shape index (κ2) is 10.3. The molecule has 4 rings (SSSR count). The number of dihydropyridines is 1. The Morgan fingerprint density at radius 3 is 2.91 bits per heavy atom. The third-order valence-corrected chi connectivity index (χ3v) is 5.40. The number of hydrogen-bond donors (Lipinski definition) is 2. The third-order valence-electron chi connectivity index (χ3n) is 5.40. The molecule has 1 fully saturated rings. The third kappa shape index (κ3) is 6.07. The van der Waals surface area contributed by atoms with Gasteiger partial charge in [0.1, 0.15) is 5.82 Å². The molecule has 32 heavy (non-hydrogen) atoms. The van der Waals surface area contributed by atoms with Gasteiger partial charge in [0.05, 0.1) is 31.6 Å². The van der Waals surface area contributed by atoms with Gasteiger partial charge in [-0.25, -0.2) is 0 Å². The van der Waals surface area contributed by atoms with Gasteiger partial charge < -0.3 is 19.7 Å². The Bertz CT molecular complexity index is 1000. The van der Waals surface area contributed by atoms with Gasteiger partial charge in [0.2, 0.25) is 0 Å². The number of ether oxygens (including phenoxy) is 2. The zero-order chi connectivity index (χ0) is 22.2. The van der Waals surface area contributed by atoms with Crippen LogP contribution in [0.3, 0.4) is 0 Å². The van der Waals surface area contributed by atoms with Gasteiger partial charge in [-0.2, -0.15) is 15.1 Å². The molecular formula is C24H30N6O2. The largest absolute Gasteiger partial charge is 0.463 e. The fourth-order valence-corrected chi connectivity index (χ4v) is 3.53. The maximum atomic E-state index is 5.96. The van der Waals surface area contributed by atoms with Crippen LogP contribution < -0.4 is 20.4 Å². The van der Waals surface area contributed by atoms with E-state index in [0.717, 1.165) is 30.9 Å². The van der Waals surface area contributed by atoms with Crippen LogP contribution in [0, 0.1) is 6.92 Å². The van der Waals surface area contributed by atoms with Gasteiger partial charge in [-0.3, -0.25) is 5.43 Å². The molecule has 8 heteroatoms. The molecule has 2 aliphatic heterocycles. The molecule has 1 atom stereocenters. The molecule has 2 N–H and O–H groups in total. The Morgan fingerprint density at radius 2 is 2.12 bits per heavy atom. The Labute approximate surface area is 189 Å². The number of nitrogens with zero attached hydrogens (tertiary/aromatic N) is 4. The van der Waals surface area contributed by atoms with Crippen LogP contribution in [0.2, 0.25) is 0 Å². The average Bonchev–Trinajstić information content (AvgIpc) is 2.80. The molecule has 1 unspecified atom stereocenters. The molecule has 8 nitrogen and oxygen atoms in total. The van der Waals surface area contributed by atoms with Gasteiger partial charge in [0.15, 0.2) is 5.82 Å². The summed E-state index contributed by atoms with van der Waals surface area (Å²) in [5.41, 5.74) is 5.09. The van der Waals surface area contributed by atoms with Gasteiger partial charge in [0, 0.05) is 25.6 Å². The van der Waals surface area contributed by atoms with Crippen molar-refractivity contribution < 1.29 is 9.47 Å². The molecule has 3 heterocycles. The van der Waals surface area contributed by atoms with Gasteiger partial charge in [-0.05, 0) is 31.7 Å². The summed E-state index contributed by atoms with van der Waals surface area (Å²) in [5, 5.41) is 7.72. The van der Waals surface area contributed by atoms with Crippen LogP contribution in [-0.2, 0) is 4.74 Å². The number of hydrogen-bond acceptors (Lipinski definition) is 8. The van der Waals surface area contributed by atoms with E-state index in [1.807, 2.05) is 36.6 Å². The first-order valence-corrected chi connectivity index (χ1v) is 10.9. The predicted octanol–water partition coefficient (Wildman–Crippen LogP) is 3.27. The number of nitrogens with one attached hydrogen (secondary N) is 2. The van der Waals surface area contributed by atoms with E-state index in [1.165, 1.54) is 5.56 Å². The number of aryl methyl sites for hydroxylation is 1. The first-order chi connectivity index (χ1) is 15.6. The molecule has 1 saturated heterocycles. The maximum Gasteiger partial charge on any atom is 0.320 e. The summed E-state index contributed by atoms with van der Waals surface area (Å²) in [6.45, 7) is 7.59. The van der Waals surface area contributed by atoms with Crippen molar-refractivity contribution in [3.63, 3.8) is 0 Å². The van der Waals surface area contributed by atoms with Crippen molar-refractivity contribution in [2.75, 3.05) is 43.2 Å². The molecule has 1 aromatic carbocycles. The summed E-state index contributed by atoms with van der Waals surface area (Å²) in [5.74, 6) is 1.39. The fourth-order valence-electron chi connectivity index (χ4n) is 3.53. The first-order valence-electron chi connectivity index (χ1n) is 10.9. The van der Waals surface area contributed by atoms with Crippen LogP contribution in [0.1, 0.15) is 24.5 Å². The minimum Gasteiger partial charge on any atom is -0.463 e.